The first kappa shape index (κ1) is 21.9. The molecule has 2 heteroatoms. The van der Waals surface area contributed by atoms with E-state index in [1.165, 1.54) is 24.0 Å². The zero-order chi connectivity index (χ0) is 22.6. The first-order valence-corrected chi connectivity index (χ1v) is 13.0. The predicted molar refractivity (Wildman–Crippen MR) is 126 cm³/mol. The van der Waals surface area contributed by atoms with Gasteiger partial charge in [-0.1, -0.05) is 54.5 Å². The lowest BCUT2D eigenvalue weighted by molar-refractivity contribution is -0.195. The summed E-state index contributed by atoms with van der Waals surface area (Å²) in [5, 5.41) is 10.8. The van der Waals surface area contributed by atoms with Crippen molar-refractivity contribution in [2.24, 2.45) is 45.3 Å². The minimum atomic E-state index is -0.186. The molecule has 0 aliphatic heterocycles. The average Bonchev–Trinajstić information content (AvgIpc) is 3.12. The Morgan fingerprint density at radius 3 is 2.39 bits per heavy atom. The van der Waals surface area contributed by atoms with Gasteiger partial charge in [0.1, 0.15) is 0 Å². The molecule has 0 aromatic heterocycles. The number of Topliss-reactive ketones (excluding diaryl/α,β-unsaturated/α-hetero) is 1. The minimum Gasteiger partial charge on any atom is -0.393 e. The van der Waals surface area contributed by atoms with Gasteiger partial charge in [0.2, 0.25) is 0 Å². The second kappa shape index (κ2) is 6.58. The average molecular weight is 425 g/mol. The van der Waals surface area contributed by atoms with Crippen LogP contribution in [0.5, 0.6) is 0 Å². The van der Waals surface area contributed by atoms with Gasteiger partial charge < -0.3 is 5.11 Å². The Morgan fingerprint density at radius 1 is 1.00 bits per heavy atom. The summed E-state index contributed by atoms with van der Waals surface area (Å²) in [5.74, 6) is 2.76. The van der Waals surface area contributed by atoms with E-state index in [1.807, 2.05) is 0 Å². The third-order valence-corrected chi connectivity index (χ3v) is 11.8. The summed E-state index contributed by atoms with van der Waals surface area (Å²) in [7, 11) is 0. The third-order valence-electron chi connectivity index (χ3n) is 11.8. The lowest BCUT2D eigenvalue weighted by Crippen LogP contribution is -2.63. The van der Waals surface area contributed by atoms with E-state index in [2.05, 4.69) is 54.5 Å². The first-order chi connectivity index (χ1) is 14.4. The van der Waals surface area contributed by atoms with Crippen molar-refractivity contribution in [1.82, 2.24) is 0 Å². The molecule has 0 amide bonds. The molecular formula is C29H44O2. The number of aliphatic hydroxyl groups excluding tert-OH is 1. The number of ketones is 1. The molecule has 7 atom stereocenters. The van der Waals surface area contributed by atoms with Gasteiger partial charge in [-0.3, -0.25) is 4.79 Å². The highest BCUT2D eigenvalue weighted by Gasteiger charge is 2.67. The van der Waals surface area contributed by atoms with Crippen LogP contribution in [0.1, 0.15) is 99.8 Å². The molecule has 172 valence electrons. The third kappa shape index (κ3) is 2.58. The Balaban J connectivity index is 1.63. The molecule has 2 saturated carbocycles. The molecule has 5 rings (SSSR count). The predicted octanol–water partition coefficient (Wildman–Crippen LogP) is 6.88. The topological polar surface area (TPSA) is 37.3 Å². The van der Waals surface area contributed by atoms with Crippen LogP contribution in [-0.4, -0.2) is 17.0 Å². The van der Waals surface area contributed by atoms with E-state index < -0.39 is 0 Å². The maximum atomic E-state index is 13.5. The maximum absolute atomic E-state index is 13.5. The molecule has 5 aliphatic carbocycles. The van der Waals surface area contributed by atoms with Gasteiger partial charge in [-0.2, -0.15) is 0 Å². The van der Waals surface area contributed by atoms with E-state index in [0.29, 0.717) is 35.9 Å². The van der Waals surface area contributed by atoms with Crippen molar-refractivity contribution >= 4 is 5.78 Å². The molecular weight excluding hydrogens is 380 g/mol. The molecule has 0 radical (unpaired) electrons. The van der Waals surface area contributed by atoms with E-state index in [4.69, 9.17) is 0 Å². The number of aliphatic hydroxyl groups is 1. The van der Waals surface area contributed by atoms with Crippen LogP contribution in [0.3, 0.4) is 0 Å². The van der Waals surface area contributed by atoms with Crippen molar-refractivity contribution < 1.29 is 9.90 Å². The van der Waals surface area contributed by atoms with Crippen LogP contribution in [-0.2, 0) is 4.79 Å². The second-order valence-corrected chi connectivity index (χ2v) is 13.5. The molecule has 0 aromatic rings. The van der Waals surface area contributed by atoms with Crippen LogP contribution >= 0.6 is 0 Å². The molecule has 0 unspecified atom stereocenters. The Labute approximate surface area is 190 Å². The zero-order valence-corrected chi connectivity index (χ0v) is 21.0. The van der Waals surface area contributed by atoms with Gasteiger partial charge in [0.15, 0.2) is 5.78 Å². The van der Waals surface area contributed by atoms with Gasteiger partial charge in [0.25, 0.3) is 0 Å². The number of allylic oxidation sites excluding steroid dienone is 4. The Kier molecular flexibility index (Phi) is 4.66. The fourth-order valence-electron chi connectivity index (χ4n) is 9.75. The largest absolute Gasteiger partial charge is 0.393 e. The summed E-state index contributed by atoms with van der Waals surface area (Å²) in [5.41, 5.74) is 4.55. The highest BCUT2D eigenvalue weighted by molar-refractivity contribution is 6.00. The molecule has 2 fully saturated rings. The van der Waals surface area contributed by atoms with Crippen LogP contribution < -0.4 is 0 Å². The molecule has 0 heterocycles. The molecule has 31 heavy (non-hydrogen) atoms. The van der Waals surface area contributed by atoms with Crippen LogP contribution in [0.15, 0.2) is 22.8 Å². The lowest BCUT2D eigenvalue weighted by atomic mass is 9.35. The lowest BCUT2D eigenvalue weighted by Gasteiger charge is -2.69. The zero-order valence-electron chi connectivity index (χ0n) is 21.0. The molecule has 2 nitrogen and oxygen atoms in total. The van der Waals surface area contributed by atoms with Crippen molar-refractivity contribution in [1.29, 1.82) is 0 Å². The summed E-state index contributed by atoms with van der Waals surface area (Å²) in [4.78, 5) is 13.5. The molecule has 5 aliphatic rings. The van der Waals surface area contributed by atoms with E-state index in [-0.39, 0.29) is 27.8 Å². The number of hydrogen-bond donors (Lipinski definition) is 1. The number of hydrogen-bond acceptors (Lipinski definition) is 2. The summed E-state index contributed by atoms with van der Waals surface area (Å²) < 4.78 is 0. The van der Waals surface area contributed by atoms with Crippen LogP contribution in [0, 0.1) is 45.3 Å². The van der Waals surface area contributed by atoms with Crippen molar-refractivity contribution in [3.8, 4) is 0 Å². The number of fused-ring (bicyclic) bond motifs is 6. The van der Waals surface area contributed by atoms with Crippen LogP contribution in [0.4, 0.5) is 0 Å². The highest BCUT2D eigenvalue weighted by atomic mass is 16.3. The molecule has 0 aromatic carbocycles. The number of carbonyl (C=O) groups excluding carboxylic acids is 1. The van der Waals surface area contributed by atoms with Crippen molar-refractivity contribution in [2.45, 2.75) is 106 Å². The molecule has 0 bridgehead atoms. The van der Waals surface area contributed by atoms with Crippen LogP contribution in [0.25, 0.3) is 0 Å². The summed E-state index contributed by atoms with van der Waals surface area (Å²) in [6.07, 6.45) is 10.8. The normalized spacial score (nSPS) is 48.7. The van der Waals surface area contributed by atoms with Gasteiger partial charge in [-0.25, -0.2) is 0 Å². The quantitative estimate of drug-likeness (QED) is 0.498. The fraction of sp³-hybridized carbons (Fsp3) is 0.828. The van der Waals surface area contributed by atoms with E-state index in [1.54, 1.807) is 5.57 Å². The van der Waals surface area contributed by atoms with E-state index in [0.717, 1.165) is 32.1 Å². The molecule has 0 spiro atoms. The molecule has 0 saturated heterocycles. The summed E-state index contributed by atoms with van der Waals surface area (Å²) in [6.45, 7) is 16.8. The van der Waals surface area contributed by atoms with Gasteiger partial charge in [0, 0.05) is 11.8 Å². The maximum Gasteiger partial charge on any atom is 0.160 e. The minimum absolute atomic E-state index is 0.0223. The molecule has 1 N–H and O–H groups in total. The Hall–Kier alpha value is -0.890. The van der Waals surface area contributed by atoms with Gasteiger partial charge in [0.05, 0.1) is 6.10 Å². The van der Waals surface area contributed by atoms with Gasteiger partial charge >= 0.3 is 0 Å². The fourth-order valence-corrected chi connectivity index (χ4v) is 9.75. The van der Waals surface area contributed by atoms with Crippen molar-refractivity contribution in [3.63, 3.8) is 0 Å². The van der Waals surface area contributed by atoms with Gasteiger partial charge in [-0.15, -0.1) is 0 Å². The van der Waals surface area contributed by atoms with Crippen molar-refractivity contribution in [2.75, 3.05) is 0 Å². The van der Waals surface area contributed by atoms with Gasteiger partial charge in [-0.05, 0) is 102 Å². The standard InChI is InChI=1S/C29H44O2/c1-17(2)18-8-9-19-21(30)16-29(7)20(25(18)19)10-11-23-27(5)14-13-24(31)26(3,4)22(27)12-15-28(23,29)6/h10,17-18,22-24,31H,8-9,11-16H2,1-7H3/t18-,22-,23+,24-,27-,28+,29+/m0/s1. The smallest absolute Gasteiger partial charge is 0.160 e. The Morgan fingerprint density at radius 2 is 1.71 bits per heavy atom. The van der Waals surface area contributed by atoms with Crippen molar-refractivity contribution in [3.05, 3.63) is 22.8 Å². The second-order valence-electron chi connectivity index (χ2n) is 13.5. The Bertz CT molecular complexity index is 875. The summed E-state index contributed by atoms with van der Waals surface area (Å²) in [6, 6.07) is 0. The van der Waals surface area contributed by atoms with E-state index >= 15 is 0 Å². The number of rotatable bonds is 1. The monoisotopic (exact) mass is 424 g/mol. The summed E-state index contributed by atoms with van der Waals surface area (Å²) >= 11 is 0. The van der Waals surface area contributed by atoms with Crippen LogP contribution in [0.2, 0.25) is 0 Å². The first-order valence-electron chi connectivity index (χ1n) is 13.0. The SMILES string of the molecule is CC(C)[C@@H]1CCC2=C1C1=CC[C@@H]3[C@@]4(C)CC[C@H](O)C(C)(C)[C@@H]4CC[C@@]3(C)[C@]1(C)CC2=O. The number of carbonyl (C=O) groups is 1. The highest BCUT2D eigenvalue weighted by Crippen LogP contribution is 2.73. The van der Waals surface area contributed by atoms with E-state index in [9.17, 15) is 9.90 Å².